The predicted molar refractivity (Wildman–Crippen MR) is 70.9 cm³/mol. The molecule has 18 heavy (non-hydrogen) atoms. The van der Waals surface area contributed by atoms with Crippen LogP contribution >= 0.6 is 11.6 Å². The highest BCUT2D eigenvalue weighted by molar-refractivity contribution is 6.30. The number of nitrogens with zero attached hydrogens (tertiary/aromatic N) is 1. The Balaban J connectivity index is 2.43. The summed E-state index contributed by atoms with van der Waals surface area (Å²) in [5, 5.41) is 10.2. The monoisotopic (exact) mass is 271 g/mol. The van der Waals surface area contributed by atoms with Gasteiger partial charge in [0, 0.05) is 18.6 Å². The Morgan fingerprint density at radius 2 is 1.94 bits per heavy atom. The Morgan fingerprint density at radius 1 is 1.39 bits per heavy atom. The summed E-state index contributed by atoms with van der Waals surface area (Å²) >= 11 is 5.74. The molecule has 0 aliphatic rings. The number of hydrogen-bond donors (Lipinski definition) is 1. The van der Waals surface area contributed by atoms with Crippen molar-refractivity contribution in [2.24, 2.45) is 0 Å². The van der Waals surface area contributed by atoms with Crippen LogP contribution in [-0.4, -0.2) is 41.7 Å². The number of halogens is 1. The lowest BCUT2D eigenvalue weighted by molar-refractivity contribution is -0.134. The second kappa shape index (κ2) is 6.07. The molecule has 1 N–H and O–H groups in total. The molecule has 0 saturated carbocycles. The molecule has 0 bridgehead atoms. The zero-order valence-corrected chi connectivity index (χ0v) is 11.6. The summed E-state index contributed by atoms with van der Waals surface area (Å²) in [6.07, 6.45) is 0. The smallest absolute Gasteiger partial charge is 0.260 e. The molecule has 0 saturated heterocycles. The summed E-state index contributed by atoms with van der Waals surface area (Å²) in [5.74, 6) is 0.400. The zero-order chi connectivity index (χ0) is 13.8. The highest BCUT2D eigenvalue weighted by Crippen LogP contribution is 2.15. The third kappa shape index (κ3) is 5.38. The van der Waals surface area contributed by atoms with E-state index < -0.39 is 5.60 Å². The molecule has 0 unspecified atom stereocenters. The van der Waals surface area contributed by atoms with Gasteiger partial charge >= 0.3 is 0 Å². The van der Waals surface area contributed by atoms with Gasteiger partial charge in [-0.2, -0.15) is 0 Å². The van der Waals surface area contributed by atoms with Crippen LogP contribution in [0.3, 0.4) is 0 Å². The van der Waals surface area contributed by atoms with Gasteiger partial charge in [0.1, 0.15) is 5.75 Å². The molecule has 0 fully saturated rings. The SMILES string of the molecule is CN(CC(C)(C)O)C(=O)COc1ccc(Cl)cc1. The largest absolute Gasteiger partial charge is 0.484 e. The Labute approximate surface area is 112 Å². The molecule has 0 aromatic heterocycles. The fraction of sp³-hybridized carbons (Fsp3) is 0.462. The van der Waals surface area contributed by atoms with Crippen molar-refractivity contribution in [2.75, 3.05) is 20.2 Å². The first-order chi connectivity index (χ1) is 8.28. The van der Waals surface area contributed by atoms with Gasteiger partial charge in [-0.15, -0.1) is 0 Å². The van der Waals surface area contributed by atoms with Gasteiger partial charge in [0.25, 0.3) is 5.91 Å². The Kier molecular flexibility index (Phi) is 4.99. The number of likely N-dealkylation sites (N-methyl/N-ethyl adjacent to an activating group) is 1. The fourth-order valence-electron chi connectivity index (χ4n) is 1.45. The van der Waals surface area contributed by atoms with E-state index in [1.165, 1.54) is 4.90 Å². The normalized spacial score (nSPS) is 11.2. The maximum Gasteiger partial charge on any atom is 0.260 e. The van der Waals surface area contributed by atoms with Gasteiger partial charge in [-0.25, -0.2) is 0 Å². The summed E-state index contributed by atoms with van der Waals surface area (Å²) in [6, 6.07) is 6.79. The van der Waals surface area contributed by atoms with Crippen molar-refractivity contribution in [1.29, 1.82) is 0 Å². The van der Waals surface area contributed by atoms with E-state index in [4.69, 9.17) is 16.3 Å². The molecule has 1 aromatic rings. The summed E-state index contributed by atoms with van der Waals surface area (Å²) < 4.78 is 5.33. The van der Waals surface area contributed by atoms with Crippen molar-refractivity contribution in [3.63, 3.8) is 0 Å². The Hall–Kier alpha value is -1.26. The van der Waals surface area contributed by atoms with E-state index in [0.717, 1.165) is 0 Å². The average Bonchev–Trinajstić information content (AvgIpc) is 2.25. The number of hydrogen-bond acceptors (Lipinski definition) is 3. The van der Waals surface area contributed by atoms with Crippen LogP contribution < -0.4 is 4.74 Å². The first-order valence-electron chi connectivity index (χ1n) is 5.63. The van der Waals surface area contributed by atoms with Gasteiger partial charge in [0.15, 0.2) is 6.61 Å². The van der Waals surface area contributed by atoms with Gasteiger partial charge in [-0.1, -0.05) is 11.6 Å². The average molecular weight is 272 g/mol. The Bertz CT molecular complexity index is 398. The minimum absolute atomic E-state index is 0.0613. The van der Waals surface area contributed by atoms with Gasteiger partial charge in [0.2, 0.25) is 0 Å². The summed E-state index contributed by atoms with van der Waals surface area (Å²) in [7, 11) is 1.63. The quantitative estimate of drug-likeness (QED) is 0.891. The molecule has 0 heterocycles. The van der Waals surface area contributed by atoms with E-state index in [9.17, 15) is 9.90 Å². The van der Waals surface area contributed by atoms with Crippen LogP contribution in [0.5, 0.6) is 5.75 Å². The number of aliphatic hydroxyl groups is 1. The van der Waals surface area contributed by atoms with Crippen molar-refractivity contribution in [3.8, 4) is 5.75 Å². The van der Waals surface area contributed by atoms with Gasteiger partial charge in [0.05, 0.1) is 5.60 Å². The highest BCUT2D eigenvalue weighted by Gasteiger charge is 2.19. The van der Waals surface area contributed by atoms with Crippen LogP contribution in [0.2, 0.25) is 5.02 Å². The predicted octanol–water partition coefficient (Wildman–Crippen LogP) is 1.95. The minimum atomic E-state index is -0.912. The van der Waals surface area contributed by atoms with E-state index in [1.807, 2.05) is 0 Å². The maximum atomic E-state index is 11.7. The molecular formula is C13H18ClNO3. The Morgan fingerprint density at radius 3 is 2.44 bits per heavy atom. The summed E-state index contributed by atoms with van der Waals surface area (Å²) in [6.45, 7) is 3.50. The molecule has 1 amide bonds. The molecule has 1 aromatic carbocycles. The van der Waals surface area contributed by atoms with Crippen LogP contribution in [0.15, 0.2) is 24.3 Å². The van der Waals surface area contributed by atoms with Gasteiger partial charge < -0.3 is 14.7 Å². The van der Waals surface area contributed by atoms with E-state index >= 15 is 0 Å². The second-order valence-corrected chi connectivity index (χ2v) is 5.24. The van der Waals surface area contributed by atoms with Crippen molar-refractivity contribution < 1.29 is 14.6 Å². The molecule has 1 rings (SSSR count). The number of ether oxygens (including phenoxy) is 1. The first kappa shape index (κ1) is 14.8. The number of benzene rings is 1. The van der Waals surface area contributed by atoms with E-state index in [0.29, 0.717) is 10.8 Å². The van der Waals surface area contributed by atoms with Crippen molar-refractivity contribution in [2.45, 2.75) is 19.4 Å². The lowest BCUT2D eigenvalue weighted by atomic mass is 10.1. The van der Waals surface area contributed by atoms with Crippen LogP contribution in [-0.2, 0) is 4.79 Å². The van der Waals surface area contributed by atoms with Crippen LogP contribution in [0, 0.1) is 0 Å². The summed E-state index contributed by atoms with van der Waals surface area (Å²) in [5.41, 5.74) is -0.912. The van der Waals surface area contributed by atoms with E-state index in [2.05, 4.69) is 0 Å². The number of carbonyl (C=O) groups excluding carboxylic acids is 1. The molecule has 100 valence electrons. The number of carbonyl (C=O) groups is 1. The molecule has 5 heteroatoms. The van der Waals surface area contributed by atoms with Crippen molar-refractivity contribution in [3.05, 3.63) is 29.3 Å². The molecule has 0 atom stereocenters. The molecular weight excluding hydrogens is 254 g/mol. The third-order valence-corrected chi connectivity index (χ3v) is 2.48. The van der Waals surface area contributed by atoms with Crippen LogP contribution in [0.1, 0.15) is 13.8 Å². The molecule has 0 spiro atoms. The fourth-order valence-corrected chi connectivity index (χ4v) is 1.58. The molecule has 0 aliphatic heterocycles. The van der Waals surface area contributed by atoms with Crippen molar-refractivity contribution >= 4 is 17.5 Å². The topological polar surface area (TPSA) is 49.8 Å². The zero-order valence-electron chi connectivity index (χ0n) is 10.8. The van der Waals surface area contributed by atoms with E-state index in [1.54, 1.807) is 45.2 Å². The number of rotatable bonds is 5. The molecule has 0 radical (unpaired) electrons. The van der Waals surface area contributed by atoms with Gasteiger partial charge in [-0.05, 0) is 38.1 Å². The standard InChI is InChI=1S/C13H18ClNO3/c1-13(2,17)9-15(3)12(16)8-18-11-6-4-10(14)5-7-11/h4-7,17H,8-9H2,1-3H3. The lowest BCUT2D eigenvalue weighted by Crippen LogP contribution is -2.41. The van der Waals surface area contributed by atoms with Crippen molar-refractivity contribution in [1.82, 2.24) is 4.90 Å². The lowest BCUT2D eigenvalue weighted by Gasteiger charge is -2.25. The van der Waals surface area contributed by atoms with E-state index in [-0.39, 0.29) is 19.1 Å². The molecule has 0 aliphatic carbocycles. The maximum absolute atomic E-state index is 11.7. The van der Waals surface area contributed by atoms with Gasteiger partial charge in [-0.3, -0.25) is 4.79 Å². The first-order valence-corrected chi connectivity index (χ1v) is 6.00. The number of amides is 1. The third-order valence-electron chi connectivity index (χ3n) is 2.23. The highest BCUT2D eigenvalue weighted by atomic mass is 35.5. The molecule has 4 nitrogen and oxygen atoms in total. The van der Waals surface area contributed by atoms with Crippen LogP contribution in [0.4, 0.5) is 0 Å². The second-order valence-electron chi connectivity index (χ2n) is 4.80. The minimum Gasteiger partial charge on any atom is -0.484 e. The van der Waals surface area contributed by atoms with Crippen LogP contribution in [0.25, 0.3) is 0 Å². The summed E-state index contributed by atoms with van der Waals surface area (Å²) in [4.78, 5) is 13.2.